The molecule has 2 atom stereocenters. The molecule has 0 saturated heterocycles. The van der Waals surface area contributed by atoms with Gasteiger partial charge in [-0.05, 0) is 40.2 Å². The lowest BCUT2D eigenvalue weighted by atomic mass is 10.2. The molecule has 0 aromatic carbocycles. The number of allylic oxidation sites excluding steroid dienone is 3. The predicted molar refractivity (Wildman–Crippen MR) is 75.0 cm³/mol. The Morgan fingerprint density at radius 1 is 1.50 bits per heavy atom. The Kier molecular flexibility index (Phi) is 9.83. The van der Waals surface area contributed by atoms with Gasteiger partial charge in [0.05, 0.1) is 12.4 Å². The molecule has 106 valence electrons. The standard InChI is InChI=1S/C14H27FN2O/c1-4-7-13(3)17(10-14(16)11-18)9-6-5-8-12(2)15/h4,7-8,13-14,18H,5-6,9-11,16H2,1-3H3/b7-4-,12-8+. The van der Waals surface area contributed by atoms with E-state index in [1.165, 1.54) is 6.92 Å². The van der Waals surface area contributed by atoms with Crippen molar-refractivity contribution in [1.82, 2.24) is 4.90 Å². The molecular formula is C14H27FN2O. The first-order chi connectivity index (χ1) is 8.51. The molecule has 0 bridgehead atoms. The number of nitrogens with two attached hydrogens (primary N) is 1. The third kappa shape index (κ3) is 8.39. The number of rotatable bonds is 9. The quantitative estimate of drug-likeness (QED) is 0.492. The molecule has 0 aliphatic heterocycles. The summed E-state index contributed by atoms with van der Waals surface area (Å²) in [7, 11) is 0. The van der Waals surface area contributed by atoms with E-state index in [1.54, 1.807) is 6.08 Å². The van der Waals surface area contributed by atoms with Gasteiger partial charge in [0.15, 0.2) is 0 Å². The minimum Gasteiger partial charge on any atom is -0.395 e. The van der Waals surface area contributed by atoms with E-state index in [2.05, 4.69) is 17.9 Å². The van der Waals surface area contributed by atoms with Gasteiger partial charge in [-0.1, -0.05) is 18.2 Å². The second-order valence-corrected chi connectivity index (χ2v) is 4.64. The third-order valence-corrected chi connectivity index (χ3v) is 2.83. The van der Waals surface area contributed by atoms with Crippen LogP contribution in [0.15, 0.2) is 24.1 Å². The molecule has 4 heteroatoms. The molecule has 3 nitrogen and oxygen atoms in total. The summed E-state index contributed by atoms with van der Waals surface area (Å²) in [4.78, 5) is 2.21. The lowest BCUT2D eigenvalue weighted by Gasteiger charge is -2.29. The van der Waals surface area contributed by atoms with Crippen molar-refractivity contribution in [2.45, 2.75) is 45.7 Å². The Morgan fingerprint density at radius 2 is 2.17 bits per heavy atom. The molecule has 0 amide bonds. The molecule has 0 aliphatic rings. The summed E-state index contributed by atoms with van der Waals surface area (Å²) in [6.07, 6.45) is 7.33. The number of hydrogen-bond acceptors (Lipinski definition) is 3. The summed E-state index contributed by atoms with van der Waals surface area (Å²) in [5, 5.41) is 9.01. The zero-order valence-corrected chi connectivity index (χ0v) is 11.8. The van der Waals surface area contributed by atoms with Crippen LogP contribution in [0, 0.1) is 0 Å². The van der Waals surface area contributed by atoms with Crippen molar-refractivity contribution in [1.29, 1.82) is 0 Å². The summed E-state index contributed by atoms with van der Waals surface area (Å²) < 4.78 is 12.6. The number of aliphatic hydroxyl groups is 1. The lowest BCUT2D eigenvalue weighted by molar-refractivity contribution is 0.183. The van der Waals surface area contributed by atoms with Crippen molar-refractivity contribution < 1.29 is 9.50 Å². The van der Waals surface area contributed by atoms with Crippen molar-refractivity contribution in [3.05, 3.63) is 24.1 Å². The van der Waals surface area contributed by atoms with Crippen LogP contribution in [0.25, 0.3) is 0 Å². The summed E-state index contributed by atoms with van der Waals surface area (Å²) in [5.74, 6) is -0.130. The number of unbranched alkanes of at least 4 members (excludes halogenated alkanes) is 1. The van der Waals surface area contributed by atoms with Crippen molar-refractivity contribution >= 4 is 0 Å². The topological polar surface area (TPSA) is 49.5 Å². The molecule has 0 aliphatic carbocycles. The summed E-state index contributed by atoms with van der Waals surface area (Å²) in [5.41, 5.74) is 5.77. The SMILES string of the molecule is C/C=C\C(C)N(CCC/C=C(\C)F)CC(N)CO. The highest BCUT2D eigenvalue weighted by Gasteiger charge is 2.13. The van der Waals surface area contributed by atoms with Gasteiger partial charge in [0.1, 0.15) is 0 Å². The summed E-state index contributed by atoms with van der Waals surface area (Å²) >= 11 is 0. The smallest absolute Gasteiger partial charge is 0.0928 e. The molecule has 0 fully saturated rings. The van der Waals surface area contributed by atoms with Gasteiger partial charge >= 0.3 is 0 Å². The molecular weight excluding hydrogens is 231 g/mol. The molecule has 3 N–H and O–H groups in total. The van der Waals surface area contributed by atoms with Gasteiger partial charge in [-0.3, -0.25) is 4.90 Å². The van der Waals surface area contributed by atoms with E-state index in [4.69, 9.17) is 10.8 Å². The lowest BCUT2D eigenvalue weighted by Crippen LogP contribution is -2.43. The molecule has 0 saturated carbocycles. The molecule has 0 aromatic heterocycles. The molecule has 0 spiro atoms. The van der Waals surface area contributed by atoms with Crippen molar-refractivity contribution in [2.75, 3.05) is 19.7 Å². The van der Waals surface area contributed by atoms with Gasteiger partial charge in [-0.25, -0.2) is 4.39 Å². The van der Waals surface area contributed by atoms with Crippen LogP contribution in [-0.2, 0) is 0 Å². The highest BCUT2D eigenvalue weighted by Crippen LogP contribution is 2.06. The summed E-state index contributed by atoms with van der Waals surface area (Å²) in [6.45, 7) is 7.03. The monoisotopic (exact) mass is 258 g/mol. The van der Waals surface area contributed by atoms with E-state index in [-0.39, 0.29) is 24.5 Å². The summed E-state index contributed by atoms with van der Waals surface area (Å²) in [6, 6.07) is 0.0548. The maximum absolute atomic E-state index is 12.6. The van der Waals surface area contributed by atoms with Gasteiger partial charge in [0, 0.05) is 18.6 Å². The Morgan fingerprint density at radius 3 is 2.67 bits per heavy atom. The number of nitrogens with zero attached hydrogens (tertiary/aromatic N) is 1. The van der Waals surface area contributed by atoms with Crippen molar-refractivity contribution in [2.24, 2.45) is 5.73 Å². The van der Waals surface area contributed by atoms with Crippen LogP contribution in [0.5, 0.6) is 0 Å². The molecule has 2 unspecified atom stereocenters. The first kappa shape index (κ1) is 17.3. The van der Waals surface area contributed by atoms with Crippen LogP contribution in [0.2, 0.25) is 0 Å². The van der Waals surface area contributed by atoms with Crippen LogP contribution >= 0.6 is 0 Å². The van der Waals surface area contributed by atoms with Gasteiger partial charge < -0.3 is 10.8 Å². The zero-order chi connectivity index (χ0) is 14.0. The fourth-order valence-corrected chi connectivity index (χ4v) is 1.82. The molecule has 0 radical (unpaired) electrons. The molecule has 0 rings (SSSR count). The third-order valence-electron chi connectivity index (χ3n) is 2.83. The van der Waals surface area contributed by atoms with Crippen molar-refractivity contribution in [3.63, 3.8) is 0 Å². The highest BCUT2D eigenvalue weighted by molar-refractivity contribution is 4.91. The Hall–Kier alpha value is -0.710. The molecule has 0 heterocycles. The van der Waals surface area contributed by atoms with Gasteiger partial charge in [-0.2, -0.15) is 0 Å². The van der Waals surface area contributed by atoms with E-state index in [0.29, 0.717) is 6.54 Å². The largest absolute Gasteiger partial charge is 0.395 e. The first-order valence-corrected chi connectivity index (χ1v) is 6.56. The second kappa shape index (κ2) is 10.2. The Bertz CT molecular complexity index is 263. The van der Waals surface area contributed by atoms with Crippen LogP contribution in [0.4, 0.5) is 4.39 Å². The first-order valence-electron chi connectivity index (χ1n) is 6.56. The van der Waals surface area contributed by atoms with Gasteiger partial charge in [-0.15, -0.1) is 0 Å². The van der Waals surface area contributed by atoms with Crippen LogP contribution < -0.4 is 5.73 Å². The van der Waals surface area contributed by atoms with Crippen molar-refractivity contribution in [3.8, 4) is 0 Å². The number of aliphatic hydroxyl groups excluding tert-OH is 1. The van der Waals surface area contributed by atoms with Gasteiger partial charge in [0.25, 0.3) is 0 Å². The van der Waals surface area contributed by atoms with Gasteiger partial charge in [0.2, 0.25) is 0 Å². The maximum Gasteiger partial charge on any atom is 0.0928 e. The normalized spacial score (nSPS) is 16.5. The number of hydrogen-bond donors (Lipinski definition) is 2. The fraction of sp³-hybridized carbons (Fsp3) is 0.714. The number of halogens is 1. The fourth-order valence-electron chi connectivity index (χ4n) is 1.82. The second-order valence-electron chi connectivity index (χ2n) is 4.64. The average Bonchev–Trinajstić information content (AvgIpc) is 2.32. The maximum atomic E-state index is 12.6. The van der Waals surface area contributed by atoms with Crippen LogP contribution in [0.1, 0.15) is 33.6 Å². The predicted octanol–water partition coefficient (Wildman–Crippen LogP) is 2.23. The average molecular weight is 258 g/mol. The van der Waals surface area contributed by atoms with E-state index in [9.17, 15) is 4.39 Å². The van der Waals surface area contributed by atoms with E-state index >= 15 is 0 Å². The zero-order valence-electron chi connectivity index (χ0n) is 11.8. The van der Waals surface area contributed by atoms with E-state index < -0.39 is 0 Å². The van der Waals surface area contributed by atoms with E-state index in [1.807, 2.05) is 13.0 Å². The Labute approximate surface area is 110 Å². The highest BCUT2D eigenvalue weighted by atomic mass is 19.1. The minimum absolute atomic E-state index is 0.0114. The molecule has 18 heavy (non-hydrogen) atoms. The van der Waals surface area contributed by atoms with E-state index in [0.717, 1.165) is 19.4 Å². The molecule has 0 aromatic rings. The Balaban J connectivity index is 4.24. The van der Waals surface area contributed by atoms with Crippen LogP contribution in [-0.4, -0.2) is 41.8 Å². The minimum atomic E-state index is -0.226. The van der Waals surface area contributed by atoms with Crippen LogP contribution in [0.3, 0.4) is 0 Å².